The van der Waals surface area contributed by atoms with Crippen molar-refractivity contribution in [2.75, 3.05) is 5.73 Å². The average molecular weight is 326 g/mol. The Kier molecular flexibility index (Phi) is 3.99. The van der Waals surface area contributed by atoms with Crippen molar-refractivity contribution in [1.29, 1.82) is 0 Å². The highest BCUT2D eigenvalue weighted by atomic mass is 32.2. The summed E-state index contributed by atoms with van der Waals surface area (Å²) in [7, 11) is -4.06. The third-order valence-corrected chi connectivity index (χ3v) is 4.48. The minimum Gasteiger partial charge on any atom is -0.383 e. The molecule has 0 radical (unpaired) electrons. The topological polar surface area (TPSA) is 82.3 Å². The van der Waals surface area contributed by atoms with E-state index in [2.05, 4.69) is 4.98 Å². The van der Waals surface area contributed by atoms with Crippen LogP contribution in [0, 0.1) is 0 Å². The Hall–Kier alpha value is -2.86. The van der Waals surface area contributed by atoms with Crippen molar-refractivity contribution in [1.82, 2.24) is 4.98 Å². The second kappa shape index (κ2) is 6.10. The van der Waals surface area contributed by atoms with Gasteiger partial charge in [0.1, 0.15) is 16.5 Å². The van der Waals surface area contributed by atoms with E-state index in [1.807, 2.05) is 30.3 Å². The summed E-state index contributed by atoms with van der Waals surface area (Å²) in [5.74, 6) is 0.123. The highest BCUT2D eigenvalue weighted by Gasteiger charge is 2.22. The lowest BCUT2D eigenvalue weighted by Crippen LogP contribution is -2.13. The van der Waals surface area contributed by atoms with E-state index in [4.69, 9.17) is 9.92 Å². The van der Waals surface area contributed by atoms with Crippen LogP contribution in [0.1, 0.15) is 0 Å². The molecule has 23 heavy (non-hydrogen) atoms. The molecule has 5 nitrogen and oxygen atoms in total. The fourth-order valence-corrected chi connectivity index (χ4v) is 3.13. The molecule has 3 rings (SSSR count). The fourth-order valence-electron chi connectivity index (χ4n) is 2.09. The Labute approximate surface area is 134 Å². The lowest BCUT2D eigenvalue weighted by Gasteiger charge is -2.10. The van der Waals surface area contributed by atoms with E-state index in [0.717, 1.165) is 5.56 Å². The minimum atomic E-state index is -4.06. The van der Waals surface area contributed by atoms with Gasteiger partial charge in [-0.1, -0.05) is 48.5 Å². The molecule has 6 heteroatoms. The summed E-state index contributed by atoms with van der Waals surface area (Å²) in [5.41, 5.74) is 7.23. The summed E-state index contributed by atoms with van der Waals surface area (Å²) in [6, 6.07) is 19.1. The molecular weight excluding hydrogens is 312 g/mol. The van der Waals surface area contributed by atoms with Crippen molar-refractivity contribution in [3.05, 3.63) is 72.9 Å². The zero-order chi connectivity index (χ0) is 16.3. The second-order valence-corrected chi connectivity index (χ2v) is 6.34. The largest absolute Gasteiger partial charge is 0.383 e. The van der Waals surface area contributed by atoms with Crippen LogP contribution >= 0.6 is 0 Å². The number of nitrogens with two attached hydrogens (primary N) is 1. The Bertz CT molecular complexity index is 911. The van der Waals surface area contributed by atoms with Gasteiger partial charge >= 0.3 is 10.1 Å². The molecule has 0 saturated carbocycles. The van der Waals surface area contributed by atoms with E-state index in [1.165, 1.54) is 12.3 Å². The highest BCUT2D eigenvalue weighted by Crippen LogP contribution is 2.27. The predicted octanol–water partition coefficient (Wildman–Crippen LogP) is 3.10. The molecule has 0 aliphatic rings. The molecule has 0 saturated heterocycles. The van der Waals surface area contributed by atoms with Gasteiger partial charge in [0.15, 0.2) is 0 Å². The van der Waals surface area contributed by atoms with Crippen molar-refractivity contribution in [3.8, 4) is 16.9 Å². The number of benzene rings is 2. The maximum absolute atomic E-state index is 12.5. The standard InChI is InChI=1S/C17H14N2O3S/c18-17-16(23(20,21)22-15-9-5-2-6-10-15)11-14(12-19-17)13-7-3-1-4-8-13/h1-12H,(H2,18,19). The van der Waals surface area contributed by atoms with E-state index in [1.54, 1.807) is 30.3 Å². The number of nitrogen functional groups attached to an aromatic ring is 1. The van der Waals surface area contributed by atoms with Crippen LogP contribution in [-0.4, -0.2) is 13.4 Å². The summed E-state index contributed by atoms with van der Waals surface area (Å²) >= 11 is 0. The van der Waals surface area contributed by atoms with Gasteiger partial charge < -0.3 is 9.92 Å². The molecule has 116 valence electrons. The number of aromatic nitrogens is 1. The zero-order valence-electron chi connectivity index (χ0n) is 12.1. The summed E-state index contributed by atoms with van der Waals surface area (Å²) in [4.78, 5) is 3.83. The van der Waals surface area contributed by atoms with E-state index < -0.39 is 10.1 Å². The van der Waals surface area contributed by atoms with Crippen molar-refractivity contribution >= 4 is 15.9 Å². The van der Waals surface area contributed by atoms with Gasteiger partial charge in [-0.3, -0.25) is 0 Å². The normalized spacial score (nSPS) is 11.1. The van der Waals surface area contributed by atoms with E-state index in [0.29, 0.717) is 5.56 Å². The van der Waals surface area contributed by atoms with Crippen LogP contribution < -0.4 is 9.92 Å². The second-order valence-electron chi connectivity index (χ2n) is 4.82. The van der Waals surface area contributed by atoms with E-state index >= 15 is 0 Å². The first kappa shape index (κ1) is 15.1. The van der Waals surface area contributed by atoms with Gasteiger partial charge in [-0.05, 0) is 23.8 Å². The Morgan fingerprint density at radius 2 is 1.48 bits per heavy atom. The van der Waals surface area contributed by atoms with Gasteiger partial charge in [-0.25, -0.2) is 4.98 Å². The molecule has 2 N–H and O–H groups in total. The molecule has 1 aromatic heterocycles. The predicted molar refractivity (Wildman–Crippen MR) is 88.3 cm³/mol. The van der Waals surface area contributed by atoms with Gasteiger partial charge in [-0.2, -0.15) is 8.42 Å². The summed E-state index contributed by atoms with van der Waals surface area (Å²) in [6.45, 7) is 0. The lowest BCUT2D eigenvalue weighted by atomic mass is 10.1. The average Bonchev–Trinajstić information content (AvgIpc) is 2.56. The molecule has 0 fully saturated rings. The van der Waals surface area contributed by atoms with Gasteiger partial charge in [0.2, 0.25) is 0 Å². The Balaban J connectivity index is 2.02. The van der Waals surface area contributed by atoms with Gasteiger partial charge in [0.25, 0.3) is 0 Å². The monoisotopic (exact) mass is 326 g/mol. The van der Waals surface area contributed by atoms with Crippen molar-refractivity contribution < 1.29 is 12.6 Å². The summed E-state index contributed by atoms with van der Waals surface area (Å²) in [5, 5.41) is 0. The number of hydrogen-bond acceptors (Lipinski definition) is 5. The quantitative estimate of drug-likeness (QED) is 0.745. The van der Waals surface area contributed by atoms with Crippen LogP contribution in [0.3, 0.4) is 0 Å². The van der Waals surface area contributed by atoms with Gasteiger partial charge in [0, 0.05) is 11.8 Å². The molecule has 3 aromatic rings. The van der Waals surface area contributed by atoms with Crippen LogP contribution in [0.5, 0.6) is 5.75 Å². The van der Waals surface area contributed by atoms with Crippen LogP contribution in [0.2, 0.25) is 0 Å². The van der Waals surface area contributed by atoms with E-state index in [-0.39, 0.29) is 16.5 Å². The maximum Gasteiger partial charge on any atom is 0.342 e. The first-order valence-electron chi connectivity index (χ1n) is 6.87. The third kappa shape index (κ3) is 3.32. The highest BCUT2D eigenvalue weighted by molar-refractivity contribution is 7.87. The number of rotatable bonds is 4. The lowest BCUT2D eigenvalue weighted by molar-refractivity contribution is 0.486. The van der Waals surface area contributed by atoms with Crippen LogP contribution in [-0.2, 0) is 10.1 Å². The number of anilines is 1. The number of nitrogens with zero attached hydrogens (tertiary/aromatic N) is 1. The molecule has 0 unspecified atom stereocenters. The summed E-state index contributed by atoms with van der Waals surface area (Å²) < 4.78 is 30.0. The van der Waals surface area contributed by atoms with Crippen molar-refractivity contribution in [3.63, 3.8) is 0 Å². The molecule has 0 bridgehead atoms. The molecule has 2 aromatic carbocycles. The maximum atomic E-state index is 12.5. The van der Waals surface area contributed by atoms with Crippen LogP contribution in [0.4, 0.5) is 5.82 Å². The molecular formula is C17H14N2O3S. The molecule has 0 amide bonds. The van der Waals surface area contributed by atoms with Crippen molar-refractivity contribution in [2.45, 2.75) is 4.90 Å². The smallest absolute Gasteiger partial charge is 0.342 e. The molecule has 0 aliphatic carbocycles. The molecule has 0 atom stereocenters. The Morgan fingerprint density at radius 3 is 2.13 bits per heavy atom. The molecule has 0 aliphatic heterocycles. The van der Waals surface area contributed by atoms with Crippen LogP contribution in [0.15, 0.2) is 77.8 Å². The number of pyridine rings is 1. The molecule has 0 spiro atoms. The van der Waals surface area contributed by atoms with E-state index in [9.17, 15) is 8.42 Å². The fraction of sp³-hybridized carbons (Fsp3) is 0. The van der Waals surface area contributed by atoms with Gasteiger partial charge in [0.05, 0.1) is 0 Å². The molecule has 1 heterocycles. The summed E-state index contributed by atoms with van der Waals surface area (Å²) in [6.07, 6.45) is 1.53. The minimum absolute atomic E-state index is 0.0967. The SMILES string of the molecule is Nc1ncc(-c2ccccc2)cc1S(=O)(=O)Oc1ccccc1. The van der Waals surface area contributed by atoms with Gasteiger partial charge in [-0.15, -0.1) is 0 Å². The number of para-hydroxylation sites is 1. The van der Waals surface area contributed by atoms with Crippen molar-refractivity contribution in [2.24, 2.45) is 0 Å². The number of hydrogen-bond donors (Lipinski definition) is 1. The first-order chi connectivity index (χ1) is 11.1. The van der Waals surface area contributed by atoms with Crippen LogP contribution in [0.25, 0.3) is 11.1 Å². The Morgan fingerprint density at radius 1 is 0.870 bits per heavy atom. The third-order valence-electron chi connectivity index (χ3n) is 3.21. The zero-order valence-corrected chi connectivity index (χ0v) is 12.9. The first-order valence-corrected chi connectivity index (χ1v) is 8.27.